The average Bonchev–Trinajstić information content (AvgIpc) is 2.47. The molecule has 1 unspecified atom stereocenters. The summed E-state index contributed by atoms with van der Waals surface area (Å²) in [5.74, 6) is -0.222. The van der Waals surface area contributed by atoms with Gasteiger partial charge in [-0.3, -0.25) is 15.2 Å². The number of hydrogen-bond acceptors (Lipinski definition) is 3. The molecule has 1 atom stereocenters. The molecule has 0 aliphatic rings. The van der Waals surface area contributed by atoms with Gasteiger partial charge in [-0.1, -0.05) is 36.4 Å². The van der Waals surface area contributed by atoms with Crippen molar-refractivity contribution >= 4 is 5.91 Å². The number of hydrogen-bond donors (Lipinski definition) is 2. The summed E-state index contributed by atoms with van der Waals surface area (Å²) in [6, 6.07) is 15.5. The number of aromatic nitrogens is 1. The summed E-state index contributed by atoms with van der Waals surface area (Å²) >= 11 is 0. The fourth-order valence-electron chi connectivity index (χ4n) is 1.77. The standard InChI is InChI=1S/C15H17N3O/c1-12(11-13-7-3-2-4-8-13)17-18-15(19)14-9-5-6-10-16-14/h2-10,12,17H,11H2,1H3,(H,18,19). The minimum absolute atomic E-state index is 0.148. The largest absolute Gasteiger partial charge is 0.286 e. The third-order valence-electron chi connectivity index (χ3n) is 2.71. The average molecular weight is 255 g/mol. The van der Waals surface area contributed by atoms with E-state index in [9.17, 15) is 4.79 Å². The zero-order valence-electron chi connectivity index (χ0n) is 10.8. The Morgan fingerprint density at radius 1 is 1.16 bits per heavy atom. The van der Waals surface area contributed by atoms with E-state index in [1.54, 1.807) is 24.4 Å². The number of hydrazine groups is 1. The van der Waals surface area contributed by atoms with Gasteiger partial charge in [0.05, 0.1) is 0 Å². The first-order chi connectivity index (χ1) is 9.25. The fraction of sp³-hybridized carbons (Fsp3) is 0.200. The van der Waals surface area contributed by atoms with Crippen molar-refractivity contribution in [3.8, 4) is 0 Å². The molecule has 0 fully saturated rings. The lowest BCUT2D eigenvalue weighted by atomic mass is 10.1. The van der Waals surface area contributed by atoms with Crippen LogP contribution in [0.5, 0.6) is 0 Å². The molecular weight excluding hydrogens is 238 g/mol. The monoisotopic (exact) mass is 255 g/mol. The summed E-state index contributed by atoms with van der Waals surface area (Å²) in [6.07, 6.45) is 2.45. The molecular formula is C15H17N3O. The van der Waals surface area contributed by atoms with Gasteiger partial charge in [-0.05, 0) is 31.0 Å². The summed E-state index contributed by atoms with van der Waals surface area (Å²) in [5, 5.41) is 0. The molecule has 0 aliphatic heterocycles. The van der Waals surface area contributed by atoms with Crippen LogP contribution in [0.15, 0.2) is 54.7 Å². The topological polar surface area (TPSA) is 54.0 Å². The summed E-state index contributed by atoms with van der Waals surface area (Å²) < 4.78 is 0. The first-order valence-corrected chi connectivity index (χ1v) is 6.26. The third kappa shape index (κ3) is 4.19. The van der Waals surface area contributed by atoms with Crippen LogP contribution < -0.4 is 10.9 Å². The molecule has 4 heteroatoms. The van der Waals surface area contributed by atoms with E-state index in [1.807, 2.05) is 25.1 Å². The number of pyridine rings is 1. The number of rotatable bonds is 5. The summed E-state index contributed by atoms with van der Waals surface area (Å²) in [7, 11) is 0. The van der Waals surface area contributed by atoms with E-state index in [0.717, 1.165) is 6.42 Å². The maximum atomic E-state index is 11.8. The molecule has 0 saturated heterocycles. The molecule has 98 valence electrons. The van der Waals surface area contributed by atoms with Crippen molar-refractivity contribution in [2.75, 3.05) is 0 Å². The van der Waals surface area contributed by atoms with Gasteiger partial charge >= 0.3 is 0 Å². The predicted molar refractivity (Wildman–Crippen MR) is 74.4 cm³/mol. The number of benzene rings is 1. The van der Waals surface area contributed by atoms with E-state index < -0.39 is 0 Å². The first kappa shape index (κ1) is 13.2. The highest BCUT2D eigenvalue weighted by molar-refractivity contribution is 5.91. The molecule has 1 aromatic heterocycles. The van der Waals surface area contributed by atoms with E-state index in [1.165, 1.54) is 5.56 Å². The smallest absolute Gasteiger partial charge is 0.283 e. The second kappa shape index (κ2) is 6.66. The van der Waals surface area contributed by atoms with Gasteiger partial charge in [0, 0.05) is 12.2 Å². The molecule has 0 bridgehead atoms. The maximum Gasteiger partial charge on any atom is 0.283 e. The quantitative estimate of drug-likeness (QED) is 0.803. The lowest BCUT2D eigenvalue weighted by Crippen LogP contribution is -2.44. The van der Waals surface area contributed by atoms with Gasteiger partial charge in [-0.2, -0.15) is 0 Å². The Labute approximate surface area is 112 Å². The normalized spacial score (nSPS) is 11.8. The third-order valence-corrected chi connectivity index (χ3v) is 2.71. The van der Waals surface area contributed by atoms with Crippen LogP contribution in [-0.4, -0.2) is 16.9 Å². The maximum absolute atomic E-state index is 11.8. The van der Waals surface area contributed by atoms with Crippen LogP contribution in [-0.2, 0) is 6.42 Å². The highest BCUT2D eigenvalue weighted by Gasteiger charge is 2.08. The van der Waals surface area contributed by atoms with Crippen molar-refractivity contribution in [1.82, 2.24) is 15.8 Å². The number of carbonyl (C=O) groups is 1. The Balaban J connectivity index is 1.81. The molecule has 4 nitrogen and oxygen atoms in total. The van der Waals surface area contributed by atoms with E-state index in [2.05, 4.69) is 28.0 Å². The van der Waals surface area contributed by atoms with Gasteiger partial charge in [0.2, 0.25) is 0 Å². The molecule has 0 radical (unpaired) electrons. The van der Waals surface area contributed by atoms with Gasteiger partial charge in [-0.15, -0.1) is 0 Å². The Bertz CT molecular complexity index is 513. The van der Waals surface area contributed by atoms with Gasteiger partial charge in [0.15, 0.2) is 0 Å². The minimum atomic E-state index is -0.222. The Morgan fingerprint density at radius 3 is 2.58 bits per heavy atom. The summed E-state index contributed by atoms with van der Waals surface area (Å²) in [4.78, 5) is 15.8. The lowest BCUT2D eigenvalue weighted by molar-refractivity contribution is 0.0921. The number of amides is 1. The van der Waals surface area contributed by atoms with E-state index >= 15 is 0 Å². The highest BCUT2D eigenvalue weighted by atomic mass is 16.2. The fourth-order valence-corrected chi connectivity index (χ4v) is 1.77. The Hall–Kier alpha value is -2.20. The van der Waals surface area contributed by atoms with Crippen LogP contribution in [0.1, 0.15) is 23.0 Å². The second-order valence-corrected chi connectivity index (χ2v) is 4.40. The van der Waals surface area contributed by atoms with Crippen molar-refractivity contribution in [3.63, 3.8) is 0 Å². The van der Waals surface area contributed by atoms with Crippen LogP contribution in [0.25, 0.3) is 0 Å². The Kier molecular flexibility index (Phi) is 4.64. The van der Waals surface area contributed by atoms with Crippen molar-refractivity contribution in [2.24, 2.45) is 0 Å². The van der Waals surface area contributed by atoms with Crippen LogP contribution in [0.3, 0.4) is 0 Å². The molecule has 1 aromatic carbocycles. The SMILES string of the molecule is CC(Cc1ccccc1)NNC(=O)c1ccccn1. The van der Waals surface area contributed by atoms with Crippen LogP contribution in [0.2, 0.25) is 0 Å². The minimum Gasteiger partial charge on any atom is -0.286 e. The van der Waals surface area contributed by atoms with Crippen LogP contribution in [0.4, 0.5) is 0 Å². The molecule has 1 heterocycles. The van der Waals surface area contributed by atoms with E-state index in [4.69, 9.17) is 0 Å². The number of nitrogens with zero attached hydrogens (tertiary/aromatic N) is 1. The van der Waals surface area contributed by atoms with Crippen molar-refractivity contribution < 1.29 is 4.79 Å². The molecule has 2 N–H and O–H groups in total. The van der Waals surface area contributed by atoms with E-state index in [-0.39, 0.29) is 11.9 Å². The van der Waals surface area contributed by atoms with Gasteiger partial charge in [0.1, 0.15) is 5.69 Å². The predicted octanol–water partition coefficient (Wildman–Crippen LogP) is 1.95. The molecule has 1 amide bonds. The Morgan fingerprint density at radius 2 is 1.89 bits per heavy atom. The van der Waals surface area contributed by atoms with Crippen molar-refractivity contribution in [2.45, 2.75) is 19.4 Å². The summed E-state index contributed by atoms with van der Waals surface area (Å²) in [6.45, 7) is 2.02. The lowest BCUT2D eigenvalue weighted by Gasteiger charge is -2.14. The zero-order valence-corrected chi connectivity index (χ0v) is 10.8. The van der Waals surface area contributed by atoms with Crippen molar-refractivity contribution in [1.29, 1.82) is 0 Å². The summed E-state index contributed by atoms with van der Waals surface area (Å²) in [5.41, 5.74) is 7.29. The number of nitrogens with one attached hydrogen (secondary N) is 2. The van der Waals surface area contributed by atoms with Gasteiger partial charge in [-0.25, -0.2) is 5.43 Å². The highest BCUT2D eigenvalue weighted by Crippen LogP contribution is 2.02. The zero-order chi connectivity index (χ0) is 13.5. The van der Waals surface area contributed by atoms with Crippen LogP contribution >= 0.6 is 0 Å². The van der Waals surface area contributed by atoms with Crippen molar-refractivity contribution in [3.05, 3.63) is 66.0 Å². The molecule has 19 heavy (non-hydrogen) atoms. The van der Waals surface area contributed by atoms with Gasteiger partial charge in [0.25, 0.3) is 5.91 Å². The van der Waals surface area contributed by atoms with Crippen LogP contribution in [0, 0.1) is 0 Å². The molecule has 2 aromatic rings. The molecule has 0 aliphatic carbocycles. The molecule has 2 rings (SSSR count). The van der Waals surface area contributed by atoms with E-state index in [0.29, 0.717) is 5.69 Å². The molecule has 0 saturated carbocycles. The first-order valence-electron chi connectivity index (χ1n) is 6.26. The number of carbonyl (C=O) groups excluding carboxylic acids is 1. The molecule has 0 spiro atoms. The second-order valence-electron chi connectivity index (χ2n) is 4.40. The van der Waals surface area contributed by atoms with Gasteiger partial charge < -0.3 is 0 Å².